The Morgan fingerprint density at radius 3 is 2.70 bits per heavy atom. The van der Waals surface area contributed by atoms with E-state index in [1.54, 1.807) is 35.9 Å². The molecule has 104 valence electrons. The number of aromatic nitrogens is 2. The van der Waals surface area contributed by atoms with Crippen LogP contribution in [0.25, 0.3) is 0 Å². The topological polar surface area (TPSA) is 64.2 Å². The number of hydrogen-bond donors (Lipinski definition) is 1. The van der Waals surface area contributed by atoms with Crippen LogP contribution in [0.1, 0.15) is 21.6 Å². The van der Waals surface area contributed by atoms with Crippen LogP contribution in [0.2, 0.25) is 0 Å². The van der Waals surface area contributed by atoms with Gasteiger partial charge >= 0.3 is 0 Å². The number of rotatable bonds is 3. The molecule has 2 rings (SSSR count). The fourth-order valence-electron chi connectivity index (χ4n) is 1.98. The Bertz CT molecular complexity index is 678. The molecule has 5 nitrogen and oxygen atoms in total. The lowest BCUT2D eigenvalue weighted by Gasteiger charge is -2.17. The number of aryl methyl sites for hydroxylation is 2. The molecule has 0 saturated heterocycles. The van der Waals surface area contributed by atoms with Crippen LogP contribution < -0.4 is 10.6 Å². The van der Waals surface area contributed by atoms with Gasteiger partial charge in [0, 0.05) is 31.5 Å². The summed E-state index contributed by atoms with van der Waals surface area (Å²) in [4.78, 5) is 14.3. The van der Waals surface area contributed by atoms with E-state index in [4.69, 9.17) is 18.0 Å². The summed E-state index contributed by atoms with van der Waals surface area (Å²) in [5, 5.41) is 4.18. The molecule has 0 aliphatic carbocycles. The van der Waals surface area contributed by atoms with Gasteiger partial charge in [0.05, 0.1) is 11.3 Å². The van der Waals surface area contributed by atoms with Gasteiger partial charge in [-0.25, -0.2) is 0 Å². The summed E-state index contributed by atoms with van der Waals surface area (Å²) >= 11 is 4.95. The van der Waals surface area contributed by atoms with Gasteiger partial charge in [0.2, 0.25) is 0 Å². The molecule has 0 unspecified atom stereocenters. The van der Waals surface area contributed by atoms with E-state index in [2.05, 4.69) is 5.10 Å². The van der Waals surface area contributed by atoms with Crippen molar-refractivity contribution >= 4 is 28.8 Å². The third-order valence-electron chi connectivity index (χ3n) is 3.07. The molecule has 0 spiro atoms. The van der Waals surface area contributed by atoms with Gasteiger partial charge in [-0.2, -0.15) is 5.10 Å². The molecular formula is C14H16N4OS. The molecule has 0 fully saturated rings. The Morgan fingerprint density at radius 2 is 2.15 bits per heavy atom. The summed E-state index contributed by atoms with van der Waals surface area (Å²) in [6, 6.07) is 7.28. The molecule has 0 radical (unpaired) electrons. The number of anilines is 1. The molecule has 1 aromatic heterocycles. The smallest absolute Gasteiger partial charge is 0.261 e. The highest BCUT2D eigenvalue weighted by molar-refractivity contribution is 7.80. The van der Waals surface area contributed by atoms with Crippen LogP contribution in [0.4, 0.5) is 5.69 Å². The van der Waals surface area contributed by atoms with Gasteiger partial charge in [-0.05, 0) is 19.1 Å². The first-order valence-corrected chi connectivity index (χ1v) is 6.49. The van der Waals surface area contributed by atoms with Gasteiger partial charge in [-0.15, -0.1) is 0 Å². The van der Waals surface area contributed by atoms with Crippen molar-refractivity contribution in [1.29, 1.82) is 0 Å². The monoisotopic (exact) mass is 288 g/mol. The summed E-state index contributed by atoms with van der Waals surface area (Å²) in [5.41, 5.74) is 8.37. The second kappa shape index (κ2) is 5.42. The fraction of sp³-hybridized carbons (Fsp3) is 0.214. The van der Waals surface area contributed by atoms with E-state index in [1.165, 1.54) is 0 Å². The second-order valence-electron chi connectivity index (χ2n) is 4.58. The summed E-state index contributed by atoms with van der Waals surface area (Å²) < 4.78 is 1.63. The van der Waals surface area contributed by atoms with Crippen molar-refractivity contribution in [3.8, 4) is 0 Å². The molecule has 0 bridgehead atoms. The van der Waals surface area contributed by atoms with E-state index in [1.807, 2.05) is 25.1 Å². The van der Waals surface area contributed by atoms with Crippen LogP contribution in [0.5, 0.6) is 0 Å². The first-order chi connectivity index (χ1) is 9.40. The number of hydrogen-bond acceptors (Lipinski definition) is 3. The standard InChI is InChI=1S/C14H16N4OS/c1-9-12(8-17(2)16-9)14(19)18(3)11-6-4-5-10(7-11)13(15)20/h4-8H,1-3H3,(H2,15,20). The predicted octanol–water partition coefficient (Wildman–Crippen LogP) is 1.64. The van der Waals surface area contributed by atoms with Crippen LogP contribution in [0.15, 0.2) is 30.5 Å². The second-order valence-corrected chi connectivity index (χ2v) is 5.02. The van der Waals surface area contributed by atoms with Crippen LogP contribution in [-0.4, -0.2) is 27.7 Å². The van der Waals surface area contributed by atoms with E-state index >= 15 is 0 Å². The van der Waals surface area contributed by atoms with Gasteiger partial charge in [0.25, 0.3) is 5.91 Å². The summed E-state index contributed by atoms with van der Waals surface area (Å²) in [7, 11) is 3.50. The van der Waals surface area contributed by atoms with Crippen molar-refractivity contribution in [1.82, 2.24) is 9.78 Å². The van der Waals surface area contributed by atoms with Crippen LogP contribution in [-0.2, 0) is 7.05 Å². The number of carbonyl (C=O) groups excluding carboxylic acids is 1. The predicted molar refractivity (Wildman–Crippen MR) is 83.0 cm³/mol. The van der Waals surface area contributed by atoms with E-state index in [0.29, 0.717) is 16.2 Å². The van der Waals surface area contributed by atoms with Crippen LogP contribution >= 0.6 is 12.2 Å². The maximum absolute atomic E-state index is 12.5. The molecule has 0 saturated carbocycles. The number of thiocarbonyl (C=S) groups is 1. The Morgan fingerprint density at radius 1 is 1.45 bits per heavy atom. The summed E-state index contributed by atoms with van der Waals surface area (Å²) in [5.74, 6) is -0.115. The molecule has 0 aliphatic heterocycles. The minimum Gasteiger partial charge on any atom is -0.389 e. The average molecular weight is 288 g/mol. The molecule has 0 atom stereocenters. The zero-order valence-corrected chi connectivity index (χ0v) is 12.4. The molecular weight excluding hydrogens is 272 g/mol. The largest absolute Gasteiger partial charge is 0.389 e. The van der Waals surface area contributed by atoms with Gasteiger partial charge in [-0.1, -0.05) is 24.4 Å². The molecule has 1 aromatic carbocycles. The zero-order chi connectivity index (χ0) is 14.9. The molecule has 1 amide bonds. The van der Waals surface area contributed by atoms with E-state index in [9.17, 15) is 4.79 Å². The van der Waals surface area contributed by atoms with Crippen molar-refractivity contribution in [2.24, 2.45) is 12.8 Å². The van der Waals surface area contributed by atoms with Crippen LogP contribution in [0.3, 0.4) is 0 Å². The third-order valence-corrected chi connectivity index (χ3v) is 3.30. The lowest BCUT2D eigenvalue weighted by atomic mass is 10.1. The normalized spacial score (nSPS) is 10.3. The van der Waals surface area contributed by atoms with Gasteiger partial charge in [-0.3, -0.25) is 9.48 Å². The quantitative estimate of drug-likeness (QED) is 0.872. The Balaban J connectivity index is 2.33. The highest BCUT2D eigenvalue weighted by Crippen LogP contribution is 2.18. The first-order valence-electron chi connectivity index (χ1n) is 6.08. The van der Waals surface area contributed by atoms with Crippen molar-refractivity contribution in [2.75, 3.05) is 11.9 Å². The van der Waals surface area contributed by atoms with E-state index in [0.717, 1.165) is 11.3 Å². The summed E-state index contributed by atoms with van der Waals surface area (Å²) in [6.45, 7) is 1.81. The Labute approximate surface area is 123 Å². The fourth-order valence-corrected chi connectivity index (χ4v) is 2.10. The highest BCUT2D eigenvalue weighted by atomic mass is 32.1. The molecule has 0 aliphatic rings. The number of amides is 1. The first kappa shape index (κ1) is 14.2. The molecule has 20 heavy (non-hydrogen) atoms. The van der Waals surface area contributed by atoms with E-state index in [-0.39, 0.29) is 5.91 Å². The minimum atomic E-state index is -0.115. The average Bonchev–Trinajstić information content (AvgIpc) is 2.76. The number of carbonyl (C=O) groups is 1. The van der Waals surface area contributed by atoms with Gasteiger partial charge in [0.1, 0.15) is 4.99 Å². The Hall–Kier alpha value is -2.21. The highest BCUT2D eigenvalue weighted by Gasteiger charge is 2.18. The molecule has 1 heterocycles. The van der Waals surface area contributed by atoms with Crippen LogP contribution in [0, 0.1) is 6.92 Å². The third kappa shape index (κ3) is 2.70. The zero-order valence-electron chi connectivity index (χ0n) is 11.6. The van der Waals surface area contributed by atoms with Crippen molar-refractivity contribution < 1.29 is 4.79 Å². The number of nitrogens with two attached hydrogens (primary N) is 1. The van der Waals surface area contributed by atoms with Crippen molar-refractivity contribution in [3.05, 3.63) is 47.3 Å². The molecule has 6 heteroatoms. The van der Waals surface area contributed by atoms with E-state index < -0.39 is 0 Å². The molecule has 2 aromatic rings. The maximum atomic E-state index is 12.5. The SMILES string of the molecule is Cc1nn(C)cc1C(=O)N(C)c1cccc(C(N)=S)c1. The van der Waals surface area contributed by atoms with Gasteiger partial charge in [0.15, 0.2) is 0 Å². The number of benzene rings is 1. The summed E-state index contributed by atoms with van der Waals surface area (Å²) in [6.07, 6.45) is 1.71. The lowest BCUT2D eigenvalue weighted by molar-refractivity contribution is 0.0992. The van der Waals surface area contributed by atoms with Crippen molar-refractivity contribution in [3.63, 3.8) is 0 Å². The lowest BCUT2D eigenvalue weighted by Crippen LogP contribution is -2.26. The van der Waals surface area contributed by atoms with Gasteiger partial charge < -0.3 is 10.6 Å². The maximum Gasteiger partial charge on any atom is 0.261 e. The minimum absolute atomic E-state index is 0.115. The Kier molecular flexibility index (Phi) is 3.85. The number of nitrogens with zero attached hydrogens (tertiary/aromatic N) is 3. The van der Waals surface area contributed by atoms with Crippen molar-refractivity contribution in [2.45, 2.75) is 6.92 Å². The molecule has 2 N–H and O–H groups in total.